The van der Waals surface area contributed by atoms with Gasteiger partial charge in [0, 0.05) is 20.6 Å². The zero-order valence-electron chi connectivity index (χ0n) is 13.1. The van der Waals surface area contributed by atoms with Crippen LogP contribution in [0.15, 0.2) is 0 Å². The summed E-state index contributed by atoms with van der Waals surface area (Å²) >= 11 is 0. The Balaban J connectivity index is 1.71. The van der Waals surface area contributed by atoms with Crippen LogP contribution >= 0.6 is 0 Å². The highest BCUT2D eigenvalue weighted by Crippen LogP contribution is 2.38. The van der Waals surface area contributed by atoms with E-state index < -0.39 is 0 Å². The van der Waals surface area contributed by atoms with E-state index in [1.165, 1.54) is 6.42 Å². The molecule has 1 fully saturated rings. The zero-order valence-corrected chi connectivity index (χ0v) is 13.1. The summed E-state index contributed by atoms with van der Waals surface area (Å²) in [6, 6.07) is 0. The summed E-state index contributed by atoms with van der Waals surface area (Å²) in [6.07, 6.45) is 4.97. The second-order valence-corrected chi connectivity index (χ2v) is 6.40. The minimum absolute atomic E-state index is 0.0120. The molecule has 6 heteroatoms. The number of aryl methyl sites for hydroxylation is 2. The number of hydrogen-bond donors (Lipinski definition) is 0. The average Bonchev–Trinajstić information content (AvgIpc) is 2.80. The fourth-order valence-electron chi connectivity index (χ4n) is 3.57. The molecule has 3 rings (SSSR count). The highest BCUT2D eigenvalue weighted by atomic mass is 16.5. The van der Waals surface area contributed by atoms with E-state index >= 15 is 0 Å². The molecule has 0 N–H and O–H groups in total. The van der Waals surface area contributed by atoms with Gasteiger partial charge < -0.3 is 9.64 Å². The van der Waals surface area contributed by atoms with E-state index in [0.29, 0.717) is 13.2 Å². The summed E-state index contributed by atoms with van der Waals surface area (Å²) in [5.74, 6) is 2.04. The van der Waals surface area contributed by atoms with Crippen LogP contribution in [0, 0.1) is 12.8 Å². The van der Waals surface area contributed by atoms with Gasteiger partial charge in [0.15, 0.2) is 0 Å². The molecule has 0 aromatic carbocycles. The van der Waals surface area contributed by atoms with Crippen LogP contribution in [-0.2, 0) is 22.5 Å². The van der Waals surface area contributed by atoms with E-state index in [9.17, 15) is 4.79 Å². The number of amides is 1. The molecule has 1 aliphatic heterocycles. The van der Waals surface area contributed by atoms with Crippen LogP contribution in [0.5, 0.6) is 0 Å². The number of aromatic nitrogens is 3. The molecule has 0 saturated heterocycles. The first-order valence-electron chi connectivity index (χ1n) is 7.73. The van der Waals surface area contributed by atoms with Crippen LogP contribution in [0.3, 0.4) is 0 Å². The van der Waals surface area contributed by atoms with Gasteiger partial charge in [-0.25, -0.2) is 9.67 Å². The Kier molecular flexibility index (Phi) is 3.73. The summed E-state index contributed by atoms with van der Waals surface area (Å²) in [7, 11) is 3.64. The van der Waals surface area contributed by atoms with E-state index in [0.717, 1.165) is 37.3 Å². The van der Waals surface area contributed by atoms with Crippen molar-refractivity contribution < 1.29 is 9.53 Å². The third-order valence-corrected chi connectivity index (χ3v) is 5.05. The molecule has 1 aromatic rings. The van der Waals surface area contributed by atoms with Crippen molar-refractivity contribution in [3.05, 3.63) is 11.6 Å². The van der Waals surface area contributed by atoms with Gasteiger partial charge in [0.05, 0.1) is 24.6 Å². The lowest BCUT2D eigenvalue weighted by Gasteiger charge is -2.49. The van der Waals surface area contributed by atoms with E-state index in [1.807, 2.05) is 23.6 Å². The van der Waals surface area contributed by atoms with Crippen molar-refractivity contribution in [2.45, 2.75) is 51.1 Å². The Morgan fingerprint density at radius 3 is 2.90 bits per heavy atom. The highest BCUT2D eigenvalue weighted by Gasteiger charge is 2.44. The van der Waals surface area contributed by atoms with E-state index in [1.54, 1.807) is 7.11 Å². The molecule has 1 saturated carbocycles. The van der Waals surface area contributed by atoms with Gasteiger partial charge >= 0.3 is 0 Å². The fourth-order valence-corrected chi connectivity index (χ4v) is 3.57. The Morgan fingerprint density at radius 2 is 2.29 bits per heavy atom. The number of methoxy groups -OCH3 is 1. The average molecular weight is 292 g/mol. The topological polar surface area (TPSA) is 60.2 Å². The molecule has 1 aromatic heterocycles. The summed E-state index contributed by atoms with van der Waals surface area (Å²) < 4.78 is 7.25. The van der Waals surface area contributed by atoms with Crippen molar-refractivity contribution in [1.29, 1.82) is 0 Å². The first kappa shape index (κ1) is 14.5. The number of likely N-dealkylation sites (N-methyl/N-ethyl adjacent to an activating group) is 1. The van der Waals surface area contributed by atoms with Crippen molar-refractivity contribution in [3.8, 4) is 0 Å². The molecule has 1 atom stereocenters. The van der Waals surface area contributed by atoms with Crippen molar-refractivity contribution in [2.24, 2.45) is 5.92 Å². The first-order chi connectivity index (χ1) is 10.1. The molecular formula is C15H24N4O2. The van der Waals surface area contributed by atoms with Crippen molar-refractivity contribution in [3.63, 3.8) is 0 Å². The molecule has 0 bridgehead atoms. The fraction of sp³-hybridized carbons (Fsp3) is 0.800. The monoisotopic (exact) mass is 292 g/mol. The summed E-state index contributed by atoms with van der Waals surface area (Å²) in [6.45, 7) is 3.19. The maximum Gasteiger partial charge on any atom is 0.227 e. The summed E-state index contributed by atoms with van der Waals surface area (Å²) in [4.78, 5) is 19.2. The molecular weight excluding hydrogens is 268 g/mol. The number of carbonyl (C=O) groups is 1. The molecule has 1 amide bonds. The van der Waals surface area contributed by atoms with Gasteiger partial charge in [-0.15, -0.1) is 0 Å². The van der Waals surface area contributed by atoms with Gasteiger partial charge in [-0.05, 0) is 32.6 Å². The third-order valence-electron chi connectivity index (χ3n) is 5.05. The minimum Gasteiger partial charge on any atom is -0.382 e. The lowest BCUT2D eigenvalue weighted by molar-refractivity contribution is -0.148. The molecule has 0 radical (unpaired) electrons. The molecule has 116 valence electrons. The van der Waals surface area contributed by atoms with Gasteiger partial charge in [-0.1, -0.05) is 0 Å². The number of nitrogens with zero attached hydrogens (tertiary/aromatic N) is 4. The van der Waals surface area contributed by atoms with Gasteiger partial charge in [-0.2, -0.15) is 5.10 Å². The van der Waals surface area contributed by atoms with Crippen molar-refractivity contribution in [1.82, 2.24) is 19.7 Å². The van der Waals surface area contributed by atoms with E-state index in [2.05, 4.69) is 10.1 Å². The number of carbonyl (C=O) groups excluding carboxylic acids is 1. The Bertz CT molecular complexity index is 536. The summed E-state index contributed by atoms with van der Waals surface area (Å²) in [5.41, 5.74) is -0.0790. The van der Waals surface area contributed by atoms with Crippen LogP contribution in [-0.4, -0.2) is 51.9 Å². The molecule has 0 spiro atoms. The van der Waals surface area contributed by atoms with E-state index in [-0.39, 0.29) is 17.4 Å². The number of rotatable bonds is 4. The predicted octanol–water partition coefficient (Wildman–Crippen LogP) is 1.18. The predicted molar refractivity (Wildman–Crippen MR) is 77.8 cm³/mol. The normalized spacial score (nSPS) is 23.3. The Morgan fingerprint density at radius 1 is 1.52 bits per heavy atom. The van der Waals surface area contributed by atoms with Gasteiger partial charge in [0.25, 0.3) is 0 Å². The van der Waals surface area contributed by atoms with E-state index in [4.69, 9.17) is 4.74 Å². The Labute approximate surface area is 125 Å². The van der Waals surface area contributed by atoms with Crippen molar-refractivity contribution >= 4 is 5.91 Å². The van der Waals surface area contributed by atoms with Crippen LogP contribution in [0.2, 0.25) is 0 Å². The second kappa shape index (κ2) is 5.40. The molecule has 1 unspecified atom stereocenters. The van der Waals surface area contributed by atoms with Crippen LogP contribution < -0.4 is 0 Å². The molecule has 2 heterocycles. The molecule has 6 nitrogen and oxygen atoms in total. The number of fused-ring (bicyclic) bond motifs is 1. The van der Waals surface area contributed by atoms with Crippen LogP contribution in [0.1, 0.15) is 37.3 Å². The number of ether oxygens (including phenoxy) is 1. The minimum atomic E-state index is -0.0790. The largest absolute Gasteiger partial charge is 0.382 e. The molecule has 1 aliphatic carbocycles. The standard InChI is InChI=1S/C15H24N4O2/c1-11-16-13-6-5-12(9-19(13)17-11)14(20)18(2)15(10-21-3)7-4-8-15/h12H,4-10H2,1-3H3. The lowest BCUT2D eigenvalue weighted by Crippen LogP contribution is -2.59. The molecule has 21 heavy (non-hydrogen) atoms. The molecule has 2 aliphatic rings. The summed E-state index contributed by atoms with van der Waals surface area (Å²) in [5, 5.41) is 4.39. The third kappa shape index (κ3) is 2.46. The van der Waals surface area contributed by atoms with Gasteiger partial charge in [0.1, 0.15) is 11.6 Å². The van der Waals surface area contributed by atoms with Crippen LogP contribution in [0.4, 0.5) is 0 Å². The Hall–Kier alpha value is -1.43. The first-order valence-corrected chi connectivity index (χ1v) is 7.73. The lowest BCUT2D eigenvalue weighted by atomic mass is 9.75. The maximum absolute atomic E-state index is 12.8. The van der Waals surface area contributed by atoms with Crippen molar-refractivity contribution in [2.75, 3.05) is 20.8 Å². The quantitative estimate of drug-likeness (QED) is 0.836. The highest BCUT2D eigenvalue weighted by molar-refractivity contribution is 5.79. The van der Waals surface area contributed by atoms with Gasteiger partial charge in [0.2, 0.25) is 5.91 Å². The van der Waals surface area contributed by atoms with Crippen LogP contribution in [0.25, 0.3) is 0 Å². The second-order valence-electron chi connectivity index (χ2n) is 6.40. The smallest absolute Gasteiger partial charge is 0.227 e. The van der Waals surface area contributed by atoms with Gasteiger partial charge in [-0.3, -0.25) is 4.79 Å². The number of hydrogen-bond acceptors (Lipinski definition) is 4. The SMILES string of the molecule is COCC1(N(C)C(=O)C2CCc3nc(C)nn3C2)CCC1. The maximum atomic E-state index is 12.8. The zero-order chi connectivity index (χ0) is 15.0.